The van der Waals surface area contributed by atoms with Crippen molar-refractivity contribution in [2.75, 3.05) is 11.9 Å². The second-order valence-electron chi connectivity index (χ2n) is 5.58. The normalized spacial score (nSPS) is 10.5. The van der Waals surface area contributed by atoms with E-state index < -0.39 is 5.91 Å². The number of carbonyl (C=O) groups excluding carboxylic acids is 1. The van der Waals surface area contributed by atoms with E-state index in [4.69, 9.17) is 9.26 Å². The van der Waals surface area contributed by atoms with E-state index in [1.54, 1.807) is 13.0 Å². The summed E-state index contributed by atoms with van der Waals surface area (Å²) < 4.78 is 11.5. The third kappa shape index (κ3) is 4.15. The fraction of sp³-hybridized carbons (Fsp3) is 0.222. The zero-order valence-corrected chi connectivity index (χ0v) is 14.4. The number of hydrogen-bond acceptors (Lipinski definition) is 6. The number of carbonyl (C=O) groups is 1. The Morgan fingerprint density at radius 2 is 2.04 bits per heavy atom. The van der Waals surface area contributed by atoms with Crippen LogP contribution in [0.4, 0.5) is 5.88 Å². The van der Waals surface area contributed by atoms with Crippen LogP contribution >= 0.6 is 0 Å². The minimum atomic E-state index is -0.404. The van der Waals surface area contributed by atoms with Gasteiger partial charge in [-0.15, -0.1) is 0 Å². The fourth-order valence-corrected chi connectivity index (χ4v) is 2.35. The summed E-state index contributed by atoms with van der Waals surface area (Å²) in [6, 6.07) is 10.3. The van der Waals surface area contributed by atoms with E-state index in [-0.39, 0.29) is 18.0 Å². The highest BCUT2D eigenvalue weighted by atomic mass is 16.5. The maximum absolute atomic E-state index is 12.3. The van der Waals surface area contributed by atoms with Gasteiger partial charge in [0.15, 0.2) is 0 Å². The predicted molar refractivity (Wildman–Crippen MR) is 95.0 cm³/mol. The van der Waals surface area contributed by atoms with Gasteiger partial charge in [-0.3, -0.25) is 19.5 Å². The molecule has 0 fully saturated rings. The monoisotopic (exact) mass is 354 g/mol. The van der Waals surface area contributed by atoms with Gasteiger partial charge in [0.2, 0.25) is 11.8 Å². The third-order valence-corrected chi connectivity index (χ3v) is 3.55. The van der Waals surface area contributed by atoms with Gasteiger partial charge >= 0.3 is 0 Å². The van der Waals surface area contributed by atoms with Crippen molar-refractivity contribution in [1.82, 2.24) is 14.7 Å². The molecule has 0 unspecified atom stereocenters. The molecule has 0 bridgehead atoms. The highest BCUT2D eigenvalue weighted by molar-refractivity contribution is 5.89. The van der Waals surface area contributed by atoms with Crippen LogP contribution in [0, 0.1) is 6.92 Å². The SMILES string of the molecule is CCOc1ccc(-c2cc(=O)n(CC(=O)Nc3cc(C)no3)cn2)cc1. The maximum atomic E-state index is 12.3. The summed E-state index contributed by atoms with van der Waals surface area (Å²) in [4.78, 5) is 28.5. The van der Waals surface area contributed by atoms with Crippen LogP contribution in [-0.4, -0.2) is 27.2 Å². The average Bonchev–Trinajstić information content (AvgIpc) is 3.02. The molecule has 2 aromatic heterocycles. The van der Waals surface area contributed by atoms with Crippen molar-refractivity contribution in [3.63, 3.8) is 0 Å². The van der Waals surface area contributed by atoms with Gasteiger partial charge in [0, 0.05) is 17.7 Å². The standard InChI is InChI=1S/C18H18N4O4/c1-3-25-14-6-4-13(5-7-14)15-9-18(24)22(11-19-15)10-16(23)20-17-8-12(2)21-26-17/h4-9,11H,3,10H2,1-2H3,(H,20,23). The number of rotatable bonds is 6. The number of aromatic nitrogens is 3. The third-order valence-electron chi connectivity index (χ3n) is 3.55. The Morgan fingerprint density at radius 1 is 1.27 bits per heavy atom. The molecular weight excluding hydrogens is 336 g/mol. The van der Waals surface area contributed by atoms with E-state index in [1.807, 2.05) is 31.2 Å². The van der Waals surface area contributed by atoms with Gasteiger partial charge in [-0.2, -0.15) is 0 Å². The lowest BCUT2D eigenvalue weighted by atomic mass is 10.1. The molecular formula is C18H18N4O4. The van der Waals surface area contributed by atoms with Crippen LogP contribution in [0.15, 0.2) is 52.0 Å². The topological polar surface area (TPSA) is 99.2 Å². The molecule has 0 saturated heterocycles. The quantitative estimate of drug-likeness (QED) is 0.729. The minimum Gasteiger partial charge on any atom is -0.494 e. The Bertz CT molecular complexity index is 960. The van der Waals surface area contributed by atoms with Crippen LogP contribution in [0.5, 0.6) is 5.75 Å². The summed E-state index contributed by atoms with van der Waals surface area (Å²) in [5, 5.41) is 6.21. The number of hydrogen-bond donors (Lipinski definition) is 1. The smallest absolute Gasteiger partial charge is 0.254 e. The Kier molecular flexibility index (Phi) is 5.12. The van der Waals surface area contributed by atoms with E-state index >= 15 is 0 Å². The van der Waals surface area contributed by atoms with Crippen molar-refractivity contribution in [2.45, 2.75) is 20.4 Å². The molecule has 0 spiro atoms. The summed E-state index contributed by atoms with van der Waals surface area (Å²) >= 11 is 0. The minimum absolute atomic E-state index is 0.171. The fourth-order valence-electron chi connectivity index (χ4n) is 2.35. The molecule has 0 aliphatic heterocycles. The van der Waals surface area contributed by atoms with E-state index in [9.17, 15) is 9.59 Å². The van der Waals surface area contributed by atoms with Gasteiger partial charge in [0.05, 0.1) is 24.3 Å². The molecule has 3 rings (SSSR count). The second kappa shape index (κ2) is 7.64. The van der Waals surface area contributed by atoms with E-state index in [2.05, 4.69) is 15.5 Å². The van der Waals surface area contributed by atoms with E-state index in [0.717, 1.165) is 11.3 Å². The zero-order valence-electron chi connectivity index (χ0n) is 14.4. The van der Waals surface area contributed by atoms with Crippen molar-refractivity contribution in [3.05, 3.63) is 58.8 Å². The summed E-state index contributed by atoms with van der Waals surface area (Å²) in [6.07, 6.45) is 1.35. The molecule has 8 nitrogen and oxygen atoms in total. The molecule has 26 heavy (non-hydrogen) atoms. The number of amides is 1. The summed E-state index contributed by atoms with van der Waals surface area (Å²) in [5.41, 5.74) is 1.64. The zero-order chi connectivity index (χ0) is 18.5. The lowest BCUT2D eigenvalue weighted by Crippen LogP contribution is -2.27. The first-order chi connectivity index (χ1) is 12.5. The maximum Gasteiger partial charge on any atom is 0.254 e. The highest BCUT2D eigenvalue weighted by Crippen LogP contribution is 2.19. The van der Waals surface area contributed by atoms with Crippen molar-refractivity contribution in [1.29, 1.82) is 0 Å². The highest BCUT2D eigenvalue weighted by Gasteiger charge is 2.10. The van der Waals surface area contributed by atoms with Gasteiger partial charge in [0.25, 0.3) is 5.56 Å². The number of anilines is 1. The molecule has 1 amide bonds. The molecule has 0 aliphatic carbocycles. The van der Waals surface area contributed by atoms with Gasteiger partial charge in [0.1, 0.15) is 12.3 Å². The Hall–Kier alpha value is -3.42. The Labute approximate surface area is 149 Å². The summed E-state index contributed by atoms with van der Waals surface area (Å²) in [5.74, 6) is 0.585. The van der Waals surface area contributed by atoms with Gasteiger partial charge in [-0.05, 0) is 38.1 Å². The molecule has 1 N–H and O–H groups in total. The second-order valence-corrected chi connectivity index (χ2v) is 5.58. The lowest BCUT2D eigenvalue weighted by molar-refractivity contribution is -0.116. The van der Waals surface area contributed by atoms with Crippen molar-refractivity contribution < 1.29 is 14.1 Å². The molecule has 2 heterocycles. The number of nitrogens with one attached hydrogen (secondary N) is 1. The van der Waals surface area contributed by atoms with Crippen LogP contribution in [0.25, 0.3) is 11.3 Å². The molecule has 1 aromatic carbocycles. The van der Waals surface area contributed by atoms with Crippen LogP contribution in [-0.2, 0) is 11.3 Å². The first kappa shape index (κ1) is 17.4. The molecule has 0 aliphatic rings. The van der Waals surface area contributed by atoms with Crippen LogP contribution in [0.2, 0.25) is 0 Å². The van der Waals surface area contributed by atoms with Crippen molar-refractivity contribution >= 4 is 11.8 Å². The molecule has 0 saturated carbocycles. The van der Waals surface area contributed by atoms with Crippen LogP contribution < -0.4 is 15.6 Å². The van der Waals surface area contributed by atoms with Gasteiger partial charge < -0.3 is 9.26 Å². The predicted octanol–water partition coefficient (Wildman–Crippen LogP) is 2.24. The van der Waals surface area contributed by atoms with Crippen LogP contribution in [0.1, 0.15) is 12.6 Å². The van der Waals surface area contributed by atoms with E-state index in [0.29, 0.717) is 18.0 Å². The number of ether oxygens (including phenoxy) is 1. The Balaban J connectivity index is 1.70. The molecule has 0 atom stereocenters. The number of aryl methyl sites for hydroxylation is 1. The molecule has 3 aromatic rings. The lowest BCUT2D eigenvalue weighted by Gasteiger charge is -2.07. The largest absolute Gasteiger partial charge is 0.494 e. The number of nitrogens with zero attached hydrogens (tertiary/aromatic N) is 3. The van der Waals surface area contributed by atoms with E-state index in [1.165, 1.54) is 17.0 Å². The van der Waals surface area contributed by atoms with Crippen molar-refractivity contribution in [2.24, 2.45) is 0 Å². The molecule has 134 valence electrons. The first-order valence-electron chi connectivity index (χ1n) is 8.08. The van der Waals surface area contributed by atoms with Crippen molar-refractivity contribution in [3.8, 4) is 17.0 Å². The van der Waals surface area contributed by atoms with Gasteiger partial charge in [-0.1, -0.05) is 5.16 Å². The molecule has 8 heteroatoms. The Morgan fingerprint density at radius 3 is 2.65 bits per heavy atom. The summed E-state index contributed by atoms with van der Waals surface area (Å²) in [6.45, 7) is 4.07. The van der Waals surface area contributed by atoms with Crippen LogP contribution in [0.3, 0.4) is 0 Å². The average molecular weight is 354 g/mol. The molecule has 0 radical (unpaired) electrons. The first-order valence-corrected chi connectivity index (χ1v) is 8.08. The van der Waals surface area contributed by atoms with Gasteiger partial charge in [-0.25, -0.2) is 4.98 Å². The summed E-state index contributed by atoms with van der Waals surface area (Å²) in [7, 11) is 0. The number of benzene rings is 1.